The van der Waals surface area contributed by atoms with E-state index >= 15 is 0 Å². The van der Waals surface area contributed by atoms with E-state index in [4.69, 9.17) is 11.6 Å². The van der Waals surface area contributed by atoms with Crippen LogP contribution in [0.3, 0.4) is 0 Å². The molecule has 7 heteroatoms. The number of carbonyl (C=O) groups is 2. The van der Waals surface area contributed by atoms with E-state index in [2.05, 4.69) is 5.32 Å². The molecule has 1 aliphatic rings. The summed E-state index contributed by atoms with van der Waals surface area (Å²) in [6, 6.07) is 13.3. The van der Waals surface area contributed by atoms with Gasteiger partial charge in [-0.2, -0.15) is 0 Å². The highest BCUT2D eigenvalue weighted by molar-refractivity contribution is 6.30. The molecule has 0 atom stereocenters. The molecule has 5 nitrogen and oxygen atoms in total. The molecule has 28 heavy (non-hydrogen) atoms. The van der Waals surface area contributed by atoms with E-state index in [0.29, 0.717) is 55.3 Å². The molecule has 0 bridgehead atoms. The van der Waals surface area contributed by atoms with Crippen LogP contribution in [0.15, 0.2) is 48.5 Å². The Morgan fingerprint density at radius 3 is 2.39 bits per heavy atom. The van der Waals surface area contributed by atoms with Gasteiger partial charge in [0.25, 0.3) is 0 Å². The van der Waals surface area contributed by atoms with Gasteiger partial charge >= 0.3 is 6.03 Å². The molecule has 1 aliphatic heterocycles. The Bertz CT molecular complexity index is 829. The summed E-state index contributed by atoms with van der Waals surface area (Å²) in [5, 5.41) is 3.46. The van der Waals surface area contributed by atoms with Gasteiger partial charge in [0.1, 0.15) is 5.82 Å². The van der Waals surface area contributed by atoms with Crippen molar-refractivity contribution in [3.8, 4) is 0 Å². The molecule has 3 rings (SSSR count). The SMILES string of the molecule is O=C(CCc1ccccc1F)N1CCCN(C(=O)Nc2ccc(Cl)cc2)CC1. The fraction of sp³-hybridized carbons (Fsp3) is 0.333. The first-order chi connectivity index (χ1) is 13.5. The van der Waals surface area contributed by atoms with Crippen LogP contribution in [-0.2, 0) is 11.2 Å². The van der Waals surface area contributed by atoms with Gasteiger partial charge in [0.05, 0.1) is 0 Å². The smallest absolute Gasteiger partial charge is 0.321 e. The average molecular weight is 404 g/mol. The highest BCUT2D eigenvalue weighted by atomic mass is 35.5. The van der Waals surface area contributed by atoms with Gasteiger partial charge in [-0.05, 0) is 48.7 Å². The first-order valence-electron chi connectivity index (χ1n) is 9.35. The van der Waals surface area contributed by atoms with Crippen molar-refractivity contribution in [2.24, 2.45) is 0 Å². The molecule has 1 saturated heterocycles. The Morgan fingerprint density at radius 1 is 0.964 bits per heavy atom. The van der Waals surface area contributed by atoms with Crippen LogP contribution in [0.1, 0.15) is 18.4 Å². The first kappa shape index (κ1) is 20.1. The molecule has 0 saturated carbocycles. The lowest BCUT2D eigenvalue weighted by Gasteiger charge is -2.22. The summed E-state index contributed by atoms with van der Waals surface area (Å²) in [4.78, 5) is 28.4. The number of anilines is 1. The minimum Gasteiger partial charge on any atom is -0.341 e. The first-order valence-corrected chi connectivity index (χ1v) is 9.73. The van der Waals surface area contributed by atoms with Crippen molar-refractivity contribution in [3.05, 3.63) is 64.9 Å². The van der Waals surface area contributed by atoms with Crippen LogP contribution in [-0.4, -0.2) is 47.9 Å². The van der Waals surface area contributed by atoms with E-state index in [-0.39, 0.29) is 24.2 Å². The normalized spacial score (nSPS) is 14.5. The van der Waals surface area contributed by atoms with Crippen molar-refractivity contribution >= 4 is 29.2 Å². The lowest BCUT2D eigenvalue weighted by Crippen LogP contribution is -2.39. The number of urea groups is 1. The van der Waals surface area contributed by atoms with Crippen LogP contribution in [0.5, 0.6) is 0 Å². The summed E-state index contributed by atoms with van der Waals surface area (Å²) in [5.41, 5.74) is 1.23. The molecular weight excluding hydrogens is 381 g/mol. The maximum Gasteiger partial charge on any atom is 0.321 e. The molecule has 1 heterocycles. The maximum atomic E-state index is 13.7. The molecule has 2 aromatic carbocycles. The molecule has 0 aliphatic carbocycles. The number of halogens is 2. The Morgan fingerprint density at radius 2 is 1.64 bits per heavy atom. The third-order valence-corrected chi connectivity index (χ3v) is 5.05. The largest absolute Gasteiger partial charge is 0.341 e. The predicted octanol–water partition coefficient (Wildman–Crippen LogP) is 4.18. The van der Waals surface area contributed by atoms with Gasteiger partial charge in [0.15, 0.2) is 0 Å². The standard InChI is InChI=1S/C21H23ClFN3O2/c22-17-7-9-18(10-8-17)24-21(28)26-13-3-12-25(14-15-26)20(27)11-6-16-4-1-2-5-19(16)23/h1-2,4-5,7-10H,3,6,11-15H2,(H,24,28). The highest BCUT2D eigenvalue weighted by Gasteiger charge is 2.22. The zero-order valence-electron chi connectivity index (χ0n) is 15.5. The topological polar surface area (TPSA) is 52.7 Å². The van der Waals surface area contributed by atoms with Gasteiger partial charge in [-0.25, -0.2) is 9.18 Å². The second-order valence-corrected chi connectivity index (χ2v) is 7.19. The number of amides is 3. The van der Waals surface area contributed by atoms with E-state index in [1.807, 2.05) is 0 Å². The number of carbonyl (C=O) groups excluding carboxylic acids is 2. The highest BCUT2D eigenvalue weighted by Crippen LogP contribution is 2.15. The predicted molar refractivity (Wildman–Crippen MR) is 108 cm³/mol. The van der Waals surface area contributed by atoms with Crippen molar-refractivity contribution in [1.29, 1.82) is 0 Å². The monoisotopic (exact) mass is 403 g/mol. The third-order valence-electron chi connectivity index (χ3n) is 4.80. The number of nitrogens with zero attached hydrogens (tertiary/aromatic N) is 2. The fourth-order valence-electron chi connectivity index (χ4n) is 3.21. The van der Waals surface area contributed by atoms with Gasteiger partial charge in [0.2, 0.25) is 5.91 Å². The lowest BCUT2D eigenvalue weighted by molar-refractivity contribution is -0.131. The molecular formula is C21H23ClFN3O2. The van der Waals surface area contributed by atoms with Crippen molar-refractivity contribution in [2.45, 2.75) is 19.3 Å². The van der Waals surface area contributed by atoms with E-state index in [1.165, 1.54) is 6.07 Å². The van der Waals surface area contributed by atoms with Crippen LogP contribution in [0.25, 0.3) is 0 Å². The minimum absolute atomic E-state index is 0.0109. The Labute approximate surface area is 169 Å². The number of aryl methyl sites for hydroxylation is 1. The zero-order chi connectivity index (χ0) is 19.9. The van der Waals surface area contributed by atoms with Crippen LogP contribution in [0.4, 0.5) is 14.9 Å². The van der Waals surface area contributed by atoms with Crippen molar-refractivity contribution in [2.75, 3.05) is 31.5 Å². The number of nitrogens with one attached hydrogen (secondary N) is 1. The van der Waals surface area contributed by atoms with Crippen molar-refractivity contribution in [3.63, 3.8) is 0 Å². The van der Waals surface area contributed by atoms with Crippen LogP contribution in [0.2, 0.25) is 5.02 Å². The van der Waals surface area contributed by atoms with Crippen LogP contribution < -0.4 is 5.32 Å². The molecule has 0 unspecified atom stereocenters. The van der Waals surface area contributed by atoms with E-state index in [9.17, 15) is 14.0 Å². The minimum atomic E-state index is -0.281. The summed E-state index contributed by atoms with van der Waals surface area (Å²) in [6.45, 7) is 2.12. The Kier molecular flexibility index (Phi) is 6.87. The van der Waals surface area contributed by atoms with Gasteiger partial charge < -0.3 is 15.1 Å². The number of hydrogen-bond donors (Lipinski definition) is 1. The summed E-state index contributed by atoms with van der Waals surface area (Å²) in [6.07, 6.45) is 1.35. The number of benzene rings is 2. The fourth-order valence-corrected chi connectivity index (χ4v) is 3.33. The maximum absolute atomic E-state index is 13.7. The molecule has 0 radical (unpaired) electrons. The molecule has 1 fully saturated rings. The Hall–Kier alpha value is -2.60. The molecule has 2 aromatic rings. The zero-order valence-corrected chi connectivity index (χ0v) is 16.3. The van der Waals surface area contributed by atoms with Gasteiger partial charge in [-0.15, -0.1) is 0 Å². The number of rotatable bonds is 4. The summed E-state index contributed by atoms with van der Waals surface area (Å²) in [7, 11) is 0. The van der Waals surface area contributed by atoms with Crippen LogP contribution in [0, 0.1) is 5.82 Å². The lowest BCUT2D eigenvalue weighted by atomic mass is 10.1. The molecule has 1 N–H and O–H groups in total. The van der Waals surface area contributed by atoms with E-state index < -0.39 is 0 Å². The van der Waals surface area contributed by atoms with Gasteiger partial charge in [-0.3, -0.25) is 4.79 Å². The van der Waals surface area contributed by atoms with E-state index in [0.717, 1.165) is 0 Å². The second-order valence-electron chi connectivity index (χ2n) is 6.75. The molecule has 0 spiro atoms. The van der Waals surface area contributed by atoms with Crippen molar-refractivity contribution in [1.82, 2.24) is 9.80 Å². The van der Waals surface area contributed by atoms with Crippen molar-refractivity contribution < 1.29 is 14.0 Å². The summed E-state index contributed by atoms with van der Waals surface area (Å²) in [5.74, 6) is -0.292. The number of hydrogen-bond acceptors (Lipinski definition) is 2. The summed E-state index contributed by atoms with van der Waals surface area (Å²) < 4.78 is 13.7. The Balaban J connectivity index is 1.49. The quantitative estimate of drug-likeness (QED) is 0.832. The average Bonchev–Trinajstić information content (AvgIpc) is 2.95. The molecule has 0 aromatic heterocycles. The van der Waals surface area contributed by atoms with Gasteiger partial charge in [-0.1, -0.05) is 29.8 Å². The molecule has 3 amide bonds. The third kappa shape index (κ3) is 5.45. The van der Waals surface area contributed by atoms with Crippen LogP contribution >= 0.6 is 11.6 Å². The molecule has 148 valence electrons. The summed E-state index contributed by atoms with van der Waals surface area (Å²) >= 11 is 5.86. The van der Waals surface area contributed by atoms with Gasteiger partial charge in [0, 0.05) is 43.3 Å². The van der Waals surface area contributed by atoms with E-state index in [1.54, 1.807) is 52.3 Å². The second kappa shape index (κ2) is 9.55.